The van der Waals surface area contributed by atoms with Gasteiger partial charge in [0.15, 0.2) is 17.5 Å². The van der Waals surface area contributed by atoms with Crippen LogP contribution in [0.5, 0.6) is 5.75 Å². The fourth-order valence-corrected chi connectivity index (χ4v) is 4.74. The van der Waals surface area contributed by atoms with E-state index >= 15 is 0 Å². The molecule has 1 heterocycles. The molecule has 0 radical (unpaired) electrons. The number of carbonyl (C=O) groups is 3. The summed E-state index contributed by atoms with van der Waals surface area (Å²) in [5, 5.41) is 3.62. The van der Waals surface area contributed by atoms with E-state index in [1.165, 1.54) is 6.08 Å². The van der Waals surface area contributed by atoms with E-state index in [-0.39, 0.29) is 4.91 Å². The van der Waals surface area contributed by atoms with E-state index in [2.05, 4.69) is 6.07 Å². The van der Waals surface area contributed by atoms with Gasteiger partial charge in [0.2, 0.25) is 5.91 Å². The van der Waals surface area contributed by atoms with Crippen LogP contribution in [-0.2, 0) is 16.2 Å². The maximum Gasteiger partial charge on any atom is 0.294 e. The van der Waals surface area contributed by atoms with Crippen LogP contribution < -0.4 is 10.1 Å². The lowest BCUT2D eigenvalue weighted by atomic mass is 10.1. The Balaban J connectivity index is 1.19. The molecule has 1 fully saturated rings. The highest BCUT2D eigenvalue weighted by atomic mass is 32.2. The van der Waals surface area contributed by atoms with Crippen molar-refractivity contribution in [3.8, 4) is 5.75 Å². The van der Waals surface area contributed by atoms with Crippen LogP contribution in [0.25, 0.3) is 16.8 Å². The number of carbonyl (C=O) groups excluding carboxylic acids is 3. The van der Waals surface area contributed by atoms with Crippen LogP contribution in [0.1, 0.15) is 11.1 Å². The molecule has 0 atom stereocenters. The third kappa shape index (κ3) is 5.80. The summed E-state index contributed by atoms with van der Waals surface area (Å²) in [4.78, 5) is 38.1. The highest BCUT2D eigenvalue weighted by molar-refractivity contribution is 8.18. The van der Waals surface area contributed by atoms with Crippen molar-refractivity contribution >= 4 is 51.4 Å². The molecular weight excluding hydrogens is 529 g/mol. The number of halogens is 3. The SMILES string of the molecule is O=C(CN1C(=O)S/C(=C\c2ccc(OCc3ccc4ccccc4c3)cc2)C1=O)Nc1ccc(F)c(F)c1F. The average Bonchev–Trinajstić information content (AvgIpc) is 3.20. The zero-order valence-corrected chi connectivity index (χ0v) is 20.9. The Kier molecular flexibility index (Phi) is 7.38. The summed E-state index contributed by atoms with van der Waals surface area (Å²) >= 11 is 0.649. The summed E-state index contributed by atoms with van der Waals surface area (Å²) in [5.74, 6) is -5.77. The maximum atomic E-state index is 13.8. The Morgan fingerprint density at radius 1 is 0.897 bits per heavy atom. The second kappa shape index (κ2) is 11.0. The van der Waals surface area contributed by atoms with E-state index in [0.29, 0.717) is 40.6 Å². The zero-order valence-electron chi connectivity index (χ0n) is 20.1. The van der Waals surface area contributed by atoms with Crippen LogP contribution >= 0.6 is 11.8 Å². The molecular formula is C29H19F3N2O4S. The molecule has 1 N–H and O–H groups in total. The Bertz CT molecular complexity index is 1640. The minimum Gasteiger partial charge on any atom is -0.489 e. The second-order valence-electron chi connectivity index (χ2n) is 8.58. The molecule has 3 amide bonds. The topological polar surface area (TPSA) is 75.7 Å². The third-order valence-corrected chi connectivity index (χ3v) is 6.79. The Hall–Kier alpha value is -4.57. The smallest absolute Gasteiger partial charge is 0.294 e. The van der Waals surface area contributed by atoms with Crippen molar-refractivity contribution in [2.45, 2.75) is 6.61 Å². The van der Waals surface area contributed by atoms with Crippen LogP contribution in [0.3, 0.4) is 0 Å². The number of ether oxygens (including phenoxy) is 1. The maximum absolute atomic E-state index is 13.8. The van der Waals surface area contributed by atoms with Crippen LogP contribution in [0.2, 0.25) is 0 Å². The highest BCUT2D eigenvalue weighted by Gasteiger charge is 2.36. The number of imide groups is 1. The number of nitrogens with one attached hydrogen (secondary N) is 1. The van der Waals surface area contributed by atoms with Gasteiger partial charge in [0.1, 0.15) is 18.9 Å². The molecule has 0 bridgehead atoms. The van der Waals surface area contributed by atoms with Gasteiger partial charge >= 0.3 is 0 Å². The summed E-state index contributed by atoms with van der Waals surface area (Å²) in [6, 6.07) is 22.6. The molecule has 0 saturated carbocycles. The van der Waals surface area contributed by atoms with Gasteiger partial charge in [0.05, 0.1) is 10.6 Å². The fraction of sp³-hybridized carbons (Fsp3) is 0.0690. The van der Waals surface area contributed by atoms with Crippen molar-refractivity contribution in [2.75, 3.05) is 11.9 Å². The Labute approximate surface area is 225 Å². The molecule has 6 nitrogen and oxygen atoms in total. The molecule has 0 spiro atoms. The molecule has 0 aromatic heterocycles. The molecule has 4 aromatic carbocycles. The summed E-state index contributed by atoms with van der Waals surface area (Å²) in [5.41, 5.74) is 1.04. The molecule has 1 aliphatic heterocycles. The summed E-state index contributed by atoms with van der Waals surface area (Å²) in [7, 11) is 0. The molecule has 39 heavy (non-hydrogen) atoms. The van der Waals surface area contributed by atoms with Crippen molar-refractivity contribution in [1.29, 1.82) is 0 Å². The van der Waals surface area contributed by atoms with Crippen molar-refractivity contribution in [3.05, 3.63) is 112 Å². The number of benzene rings is 4. The van der Waals surface area contributed by atoms with Crippen molar-refractivity contribution in [2.24, 2.45) is 0 Å². The van der Waals surface area contributed by atoms with Gasteiger partial charge in [-0.2, -0.15) is 0 Å². The molecule has 4 aromatic rings. The zero-order chi connectivity index (χ0) is 27.5. The van der Waals surface area contributed by atoms with E-state index in [1.807, 2.05) is 41.7 Å². The molecule has 0 unspecified atom stereocenters. The van der Waals surface area contributed by atoms with E-state index in [4.69, 9.17) is 4.74 Å². The predicted octanol–water partition coefficient (Wildman–Crippen LogP) is 6.51. The van der Waals surface area contributed by atoms with Gasteiger partial charge in [0.25, 0.3) is 11.1 Å². The minimum absolute atomic E-state index is 0.0941. The summed E-state index contributed by atoms with van der Waals surface area (Å²) in [6.07, 6.45) is 1.50. The van der Waals surface area contributed by atoms with Crippen molar-refractivity contribution in [1.82, 2.24) is 4.90 Å². The van der Waals surface area contributed by atoms with Gasteiger partial charge in [-0.1, -0.05) is 48.5 Å². The number of nitrogens with zero attached hydrogens (tertiary/aromatic N) is 1. The largest absolute Gasteiger partial charge is 0.489 e. The lowest BCUT2D eigenvalue weighted by Gasteiger charge is -2.13. The van der Waals surface area contributed by atoms with Crippen molar-refractivity contribution < 1.29 is 32.3 Å². The van der Waals surface area contributed by atoms with Crippen LogP contribution in [0.15, 0.2) is 83.8 Å². The number of fused-ring (bicyclic) bond motifs is 1. The van der Waals surface area contributed by atoms with Gasteiger partial charge in [0, 0.05) is 0 Å². The van der Waals surface area contributed by atoms with Crippen LogP contribution in [0.4, 0.5) is 23.7 Å². The van der Waals surface area contributed by atoms with Crippen LogP contribution in [-0.4, -0.2) is 28.5 Å². The lowest BCUT2D eigenvalue weighted by molar-refractivity contribution is -0.127. The Morgan fingerprint density at radius 2 is 1.64 bits per heavy atom. The minimum atomic E-state index is -1.74. The Morgan fingerprint density at radius 3 is 2.41 bits per heavy atom. The monoisotopic (exact) mass is 548 g/mol. The van der Waals surface area contributed by atoms with Gasteiger partial charge in [-0.25, -0.2) is 13.2 Å². The molecule has 0 aliphatic carbocycles. The fourth-order valence-electron chi connectivity index (χ4n) is 3.90. The van der Waals surface area contributed by atoms with Gasteiger partial charge in [-0.15, -0.1) is 0 Å². The predicted molar refractivity (Wildman–Crippen MR) is 142 cm³/mol. The standard InChI is InChI=1S/C29H19F3N2O4S/c30-22-11-12-23(27(32)26(22)31)33-25(35)15-34-28(36)24(39-29(34)37)14-17-6-9-21(10-7-17)38-16-18-5-8-19-3-1-2-4-20(19)13-18/h1-14H,15-16H2,(H,33,35)/b24-14-. The molecule has 5 rings (SSSR count). The van der Waals surface area contributed by atoms with Crippen molar-refractivity contribution in [3.63, 3.8) is 0 Å². The molecule has 1 saturated heterocycles. The first-order chi connectivity index (χ1) is 18.8. The highest BCUT2D eigenvalue weighted by Crippen LogP contribution is 2.32. The molecule has 196 valence electrons. The normalized spacial score (nSPS) is 14.3. The molecule has 10 heteroatoms. The van der Waals surface area contributed by atoms with Gasteiger partial charge in [-0.3, -0.25) is 19.3 Å². The first-order valence-corrected chi connectivity index (χ1v) is 12.5. The summed E-state index contributed by atoms with van der Waals surface area (Å²) in [6.45, 7) is -0.346. The van der Waals surface area contributed by atoms with Gasteiger partial charge < -0.3 is 10.1 Å². The average molecular weight is 549 g/mol. The number of amides is 3. The van der Waals surface area contributed by atoms with Gasteiger partial charge in [-0.05, 0) is 70.1 Å². The number of hydrogen-bond acceptors (Lipinski definition) is 5. The third-order valence-electron chi connectivity index (χ3n) is 5.88. The number of thioether (sulfide) groups is 1. The van der Waals surface area contributed by atoms with Crippen LogP contribution in [0, 0.1) is 17.5 Å². The summed E-state index contributed by atoms with van der Waals surface area (Å²) < 4.78 is 46.2. The number of hydrogen-bond donors (Lipinski definition) is 1. The van der Waals surface area contributed by atoms with E-state index in [0.717, 1.165) is 22.4 Å². The van der Waals surface area contributed by atoms with E-state index in [1.54, 1.807) is 24.3 Å². The van der Waals surface area contributed by atoms with E-state index < -0.39 is 46.7 Å². The quantitative estimate of drug-likeness (QED) is 0.211. The number of anilines is 1. The first kappa shape index (κ1) is 26.1. The lowest BCUT2D eigenvalue weighted by Crippen LogP contribution is -2.36. The number of rotatable bonds is 7. The second-order valence-corrected chi connectivity index (χ2v) is 9.57. The first-order valence-electron chi connectivity index (χ1n) is 11.7. The van der Waals surface area contributed by atoms with E-state index in [9.17, 15) is 27.6 Å². The molecule has 1 aliphatic rings.